The number of aryl methyl sites for hydroxylation is 1. The second-order valence-corrected chi connectivity index (χ2v) is 8.17. The lowest BCUT2D eigenvalue weighted by Gasteiger charge is -2.31. The van der Waals surface area contributed by atoms with Gasteiger partial charge in [0.1, 0.15) is 11.5 Å². The maximum Gasteiger partial charge on any atom is 0.222 e. The molecule has 0 unspecified atom stereocenters. The van der Waals surface area contributed by atoms with E-state index in [9.17, 15) is 4.79 Å². The van der Waals surface area contributed by atoms with Crippen molar-refractivity contribution < 1.29 is 9.21 Å². The van der Waals surface area contributed by atoms with Crippen molar-refractivity contribution in [1.29, 1.82) is 0 Å². The van der Waals surface area contributed by atoms with Gasteiger partial charge in [0.25, 0.3) is 0 Å². The van der Waals surface area contributed by atoms with Gasteiger partial charge in [-0.15, -0.1) is 0 Å². The molecule has 0 spiro atoms. The standard InChI is InChI=1S/C22H28N2O2/c1-15-4-6-16(7-5-15)21-9-8-20(26-21)14-23(2)19-10-17-12-22(25)24(3)13-18(17)11-19/h4-9,17-19H,10-14H2,1-3H3/t17-,18+,19-/m1/s1. The maximum absolute atomic E-state index is 12.0. The highest BCUT2D eigenvalue weighted by molar-refractivity contribution is 5.77. The zero-order chi connectivity index (χ0) is 18.3. The molecule has 4 nitrogen and oxygen atoms in total. The highest BCUT2D eigenvalue weighted by atomic mass is 16.3. The van der Waals surface area contributed by atoms with Gasteiger partial charge in [-0.25, -0.2) is 0 Å². The van der Waals surface area contributed by atoms with E-state index in [1.54, 1.807) is 0 Å². The van der Waals surface area contributed by atoms with Gasteiger partial charge in [-0.3, -0.25) is 9.69 Å². The van der Waals surface area contributed by atoms with E-state index in [1.165, 1.54) is 12.0 Å². The molecular weight excluding hydrogens is 324 g/mol. The van der Waals surface area contributed by atoms with Gasteiger partial charge >= 0.3 is 0 Å². The molecule has 0 bridgehead atoms. The number of fused-ring (bicyclic) bond motifs is 1. The summed E-state index contributed by atoms with van der Waals surface area (Å²) in [4.78, 5) is 16.3. The van der Waals surface area contributed by atoms with Crippen LogP contribution in [0.15, 0.2) is 40.8 Å². The van der Waals surface area contributed by atoms with Crippen LogP contribution in [0.4, 0.5) is 0 Å². The van der Waals surface area contributed by atoms with E-state index in [-0.39, 0.29) is 0 Å². The van der Waals surface area contributed by atoms with Crippen molar-refractivity contribution >= 4 is 5.91 Å². The van der Waals surface area contributed by atoms with Gasteiger partial charge in [0, 0.05) is 31.6 Å². The van der Waals surface area contributed by atoms with Crippen LogP contribution in [-0.2, 0) is 11.3 Å². The van der Waals surface area contributed by atoms with Crippen LogP contribution in [0.2, 0.25) is 0 Å². The molecular formula is C22H28N2O2. The molecule has 1 aromatic carbocycles. The van der Waals surface area contributed by atoms with Gasteiger partial charge in [-0.05, 0) is 50.8 Å². The van der Waals surface area contributed by atoms with Gasteiger partial charge in [-0.1, -0.05) is 29.8 Å². The molecule has 138 valence electrons. The Kier molecular flexibility index (Phi) is 4.62. The summed E-state index contributed by atoms with van der Waals surface area (Å²) in [6.45, 7) is 3.84. The molecule has 0 radical (unpaired) electrons. The van der Waals surface area contributed by atoms with Crippen LogP contribution >= 0.6 is 0 Å². The summed E-state index contributed by atoms with van der Waals surface area (Å²) in [5.74, 6) is 3.46. The Hall–Kier alpha value is -2.07. The normalized spacial score (nSPS) is 25.8. The van der Waals surface area contributed by atoms with E-state index < -0.39 is 0 Å². The van der Waals surface area contributed by atoms with Gasteiger partial charge in [-0.2, -0.15) is 0 Å². The summed E-state index contributed by atoms with van der Waals surface area (Å²) in [6, 6.07) is 13.1. The van der Waals surface area contributed by atoms with E-state index in [1.807, 2.05) is 11.9 Å². The summed E-state index contributed by atoms with van der Waals surface area (Å²) in [5.41, 5.74) is 2.38. The van der Waals surface area contributed by atoms with Crippen LogP contribution in [0.3, 0.4) is 0 Å². The quantitative estimate of drug-likeness (QED) is 0.836. The molecule has 2 fully saturated rings. The second kappa shape index (κ2) is 6.92. The molecule has 2 heterocycles. The van der Waals surface area contributed by atoms with Crippen molar-refractivity contribution in [3.05, 3.63) is 47.7 Å². The van der Waals surface area contributed by atoms with E-state index in [2.05, 4.69) is 55.3 Å². The third-order valence-electron chi connectivity index (χ3n) is 6.21. The molecule has 1 amide bonds. The van der Waals surface area contributed by atoms with Crippen LogP contribution in [0.1, 0.15) is 30.6 Å². The van der Waals surface area contributed by atoms with Gasteiger partial charge in [0.15, 0.2) is 0 Å². The van der Waals surface area contributed by atoms with Crippen LogP contribution in [0.25, 0.3) is 11.3 Å². The van der Waals surface area contributed by atoms with E-state index in [4.69, 9.17) is 4.42 Å². The number of piperidine rings is 1. The summed E-state index contributed by atoms with van der Waals surface area (Å²) in [6.07, 6.45) is 3.04. The van der Waals surface area contributed by atoms with Gasteiger partial charge < -0.3 is 9.32 Å². The average molecular weight is 352 g/mol. The smallest absolute Gasteiger partial charge is 0.222 e. The molecule has 1 saturated heterocycles. The number of likely N-dealkylation sites (tertiary alicyclic amines) is 1. The molecule has 2 aliphatic rings. The Labute approximate surface area is 155 Å². The Morgan fingerprint density at radius 2 is 1.85 bits per heavy atom. The van der Waals surface area contributed by atoms with Crippen molar-refractivity contribution in [1.82, 2.24) is 9.80 Å². The lowest BCUT2D eigenvalue weighted by atomic mass is 9.88. The fourth-order valence-electron chi connectivity index (χ4n) is 4.56. The predicted octanol–water partition coefficient (Wildman–Crippen LogP) is 3.94. The first-order valence-corrected chi connectivity index (χ1v) is 9.59. The third-order valence-corrected chi connectivity index (χ3v) is 6.21. The number of benzene rings is 1. The third kappa shape index (κ3) is 3.43. The zero-order valence-corrected chi connectivity index (χ0v) is 15.9. The highest BCUT2D eigenvalue weighted by Crippen LogP contribution is 2.40. The Balaban J connectivity index is 1.39. The number of carbonyl (C=O) groups is 1. The molecule has 1 aromatic heterocycles. The molecule has 26 heavy (non-hydrogen) atoms. The number of amides is 1. The molecule has 1 saturated carbocycles. The lowest BCUT2D eigenvalue weighted by Crippen LogP contribution is -2.39. The summed E-state index contributed by atoms with van der Waals surface area (Å²) >= 11 is 0. The van der Waals surface area contributed by atoms with Crippen molar-refractivity contribution in [2.75, 3.05) is 20.6 Å². The zero-order valence-electron chi connectivity index (χ0n) is 15.9. The molecule has 2 aromatic rings. The maximum atomic E-state index is 12.0. The Morgan fingerprint density at radius 3 is 2.62 bits per heavy atom. The van der Waals surface area contributed by atoms with E-state index >= 15 is 0 Å². The monoisotopic (exact) mass is 352 g/mol. The van der Waals surface area contributed by atoms with Crippen LogP contribution in [0, 0.1) is 18.8 Å². The van der Waals surface area contributed by atoms with E-state index in [0.717, 1.165) is 43.0 Å². The van der Waals surface area contributed by atoms with Crippen molar-refractivity contribution in [3.63, 3.8) is 0 Å². The molecule has 4 rings (SSSR count). The summed E-state index contributed by atoms with van der Waals surface area (Å²) in [7, 11) is 4.12. The first kappa shape index (κ1) is 17.3. The summed E-state index contributed by atoms with van der Waals surface area (Å²) in [5, 5.41) is 0. The minimum atomic E-state index is 0.309. The van der Waals surface area contributed by atoms with Crippen LogP contribution in [0.5, 0.6) is 0 Å². The van der Waals surface area contributed by atoms with Gasteiger partial charge in [0.2, 0.25) is 5.91 Å². The molecule has 0 N–H and O–H groups in total. The first-order valence-electron chi connectivity index (χ1n) is 9.59. The van der Waals surface area contributed by atoms with Crippen LogP contribution in [-0.4, -0.2) is 42.4 Å². The minimum absolute atomic E-state index is 0.309. The highest BCUT2D eigenvalue weighted by Gasteiger charge is 2.41. The Bertz CT molecular complexity index is 780. The SMILES string of the molecule is Cc1ccc(-c2ccc(CN(C)[C@@H]3C[C@@H]4CC(=O)N(C)C[C@@H]4C3)o2)cc1. The lowest BCUT2D eigenvalue weighted by molar-refractivity contribution is -0.134. The van der Waals surface area contributed by atoms with Crippen molar-refractivity contribution in [2.45, 2.75) is 38.8 Å². The van der Waals surface area contributed by atoms with Crippen LogP contribution < -0.4 is 0 Å². The van der Waals surface area contributed by atoms with Crippen molar-refractivity contribution in [3.8, 4) is 11.3 Å². The van der Waals surface area contributed by atoms with Gasteiger partial charge in [0.05, 0.1) is 6.54 Å². The summed E-state index contributed by atoms with van der Waals surface area (Å²) < 4.78 is 6.09. The molecule has 4 heteroatoms. The molecule has 1 aliphatic heterocycles. The Morgan fingerprint density at radius 1 is 1.12 bits per heavy atom. The van der Waals surface area contributed by atoms with Crippen molar-refractivity contribution in [2.24, 2.45) is 11.8 Å². The second-order valence-electron chi connectivity index (χ2n) is 8.17. The fraction of sp³-hybridized carbons (Fsp3) is 0.500. The molecule has 1 aliphatic carbocycles. The number of hydrogen-bond donors (Lipinski definition) is 0. The number of furan rings is 1. The number of rotatable bonds is 4. The average Bonchev–Trinajstić information content (AvgIpc) is 3.23. The topological polar surface area (TPSA) is 36.7 Å². The fourth-order valence-corrected chi connectivity index (χ4v) is 4.56. The number of nitrogens with zero attached hydrogens (tertiary/aromatic N) is 2. The minimum Gasteiger partial charge on any atom is -0.460 e. The first-order chi connectivity index (χ1) is 12.5. The number of carbonyl (C=O) groups excluding carboxylic acids is 1. The molecule has 3 atom stereocenters. The van der Waals surface area contributed by atoms with E-state index in [0.29, 0.717) is 23.8 Å². The number of hydrogen-bond acceptors (Lipinski definition) is 3. The largest absolute Gasteiger partial charge is 0.460 e. The predicted molar refractivity (Wildman–Crippen MR) is 103 cm³/mol.